The summed E-state index contributed by atoms with van der Waals surface area (Å²) in [5, 5.41) is 2.87. The molecular weight excluding hydrogens is 312 g/mol. The summed E-state index contributed by atoms with van der Waals surface area (Å²) < 4.78 is 24.4. The van der Waals surface area contributed by atoms with Crippen molar-refractivity contribution in [2.75, 3.05) is 6.54 Å². The Balaban J connectivity index is 2.94. The largest absolute Gasteiger partial charge is 0.350 e. The number of hydrogen-bond donors (Lipinski definition) is 1. The Morgan fingerprint density at radius 1 is 1.33 bits per heavy atom. The normalized spacial score (nSPS) is 11.9. The van der Waals surface area contributed by atoms with Gasteiger partial charge in [-0.3, -0.25) is 4.79 Å². The Morgan fingerprint density at radius 3 is 2.43 bits per heavy atom. The van der Waals surface area contributed by atoms with Gasteiger partial charge in [0.05, 0.1) is 0 Å². The van der Waals surface area contributed by atoms with Crippen LogP contribution in [0.25, 0.3) is 0 Å². The zero-order chi connectivity index (χ0) is 16.0. The summed E-state index contributed by atoms with van der Waals surface area (Å²) in [5.74, 6) is 0.168. The minimum Gasteiger partial charge on any atom is -0.350 e. The van der Waals surface area contributed by atoms with E-state index in [0.717, 1.165) is 19.3 Å². The molecular formula is C14H23ClN2O3S. The number of carbonyl (C=O) groups is 1. The standard InChI is InChI=1S/C14H23ClN2O3S/c1-4-7-17-10-12(21(15,19)20)8-13(17)14(18)16-9-11(5-2)6-3/h8,10-11H,4-7,9H2,1-3H3,(H,16,18). The van der Waals surface area contributed by atoms with Crippen molar-refractivity contribution in [2.45, 2.75) is 51.5 Å². The van der Waals surface area contributed by atoms with Crippen LogP contribution in [0.1, 0.15) is 50.5 Å². The highest BCUT2D eigenvalue weighted by atomic mass is 35.7. The molecule has 1 amide bonds. The number of aryl methyl sites for hydroxylation is 1. The number of amides is 1. The Labute approximate surface area is 131 Å². The van der Waals surface area contributed by atoms with Gasteiger partial charge in [-0.05, 0) is 18.4 Å². The predicted molar refractivity (Wildman–Crippen MR) is 84.2 cm³/mol. The molecule has 0 bridgehead atoms. The Kier molecular flexibility index (Phi) is 6.74. The van der Waals surface area contributed by atoms with Crippen LogP contribution in [0.3, 0.4) is 0 Å². The lowest BCUT2D eigenvalue weighted by atomic mass is 10.0. The molecule has 1 rings (SSSR count). The lowest BCUT2D eigenvalue weighted by Gasteiger charge is -2.14. The Morgan fingerprint density at radius 2 is 1.95 bits per heavy atom. The van der Waals surface area contributed by atoms with Gasteiger partial charge in [0.1, 0.15) is 10.6 Å². The van der Waals surface area contributed by atoms with Crippen molar-refractivity contribution in [3.63, 3.8) is 0 Å². The Hall–Kier alpha value is -1.01. The fraction of sp³-hybridized carbons (Fsp3) is 0.643. The summed E-state index contributed by atoms with van der Waals surface area (Å²) in [6, 6.07) is 1.33. The predicted octanol–water partition coefficient (Wildman–Crippen LogP) is 2.99. The first-order chi connectivity index (χ1) is 9.83. The van der Waals surface area contributed by atoms with E-state index >= 15 is 0 Å². The summed E-state index contributed by atoms with van der Waals surface area (Å²) >= 11 is 0. The minimum atomic E-state index is -3.83. The van der Waals surface area contributed by atoms with Gasteiger partial charge in [-0.2, -0.15) is 0 Å². The summed E-state index contributed by atoms with van der Waals surface area (Å²) in [4.78, 5) is 12.2. The van der Waals surface area contributed by atoms with Gasteiger partial charge in [0.2, 0.25) is 0 Å². The first-order valence-corrected chi connectivity index (χ1v) is 9.57. The molecule has 1 aromatic heterocycles. The highest BCUT2D eigenvalue weighted by Gasteiger charge is 2.20. The highest BCUT2D eigenvalue weighted by Crippen LogP contribution is 2.19. The van der Waals surface area contributed by atoms with E-state index in [2.05, 4.69) is 19.2 Å². The number of halogens is 1. The molecule has 1 heterocycles. The highest BCUT2D eigenvalue weighted by molar-refractivity contribution is 8.13. The number of aromatic nitrogens is 1. The quantitative estimate of drug-likeness (QED) is 0.743. The zero-order valence-corrected chi connectivity index (χ0v) is 14.3. The van der Waals surface area contributed by atoms with Crippen LogP contribution >= 0.6 is 10.7 Å². The zero-order valence-electron chi connectivity index (χ0n) is 12.7. The summed E-state index contributed by atoms with van der Waals surface area (Å²) in [6.07, 6.45) is 4.20. The molecule has 0 saturated heterocycles. The van der Waals surface area contributed by atoms with Crippen molar-refractivity contribution in [1.29, 1.82) is 0 Å². The van der Waals surface area contributed by atoms with Crippen LogP contribution in [0.2, 0.25) is 0 Å². The fourth-order valence-corrected chi connectivity index (χ4v) is 2.90. The molecule has 1 N–H and O–H groups in total. The molecule has 0 unspecified atom stereocenters. The van der Waals surface area contributed by atoms with Crippen LogP contribution in [0.5, 0.6) is 0 Å². The third-order valence-corrected chi connectivity index (χ3v) is 4.88. The number of carbonyl (C=O) groups excluding carboxylic acids is 1. The van der Waals surface area contributed by atoms with Crippen LogP contribution in [0.4, 0.5) is 0 Å². The smallest absolute Gasteiger partial charge is 0.267 e. The molecule has 0 aliphatic heterocycles. The van der Waals surface area contributed by atoms with Gasteiger partial charge in [-0.1, -0.05) is 33.6 Å². The molecule has 7 heteroatoms. The maximum Gasteiger partial charge on any atom is 0.267 e. The van der Waals surface area contributed by atoms with E-state index in [4.69, 9.17) is 10.7 Å². The Bertz CT molecular complexity index is 577. The van der Waals surface area contributed by atoms with Crippen molar-refractivity contribution in [1.82, 2.24) is 9.88 Å². The van der Waals surface area contributed by atoms with E-state index in [9.17, 15) is 13.2 Å². The SMILES string of the molecule is CCCn1cc(S(=O)(=O)Cl)cc1C(=O)NCC(CC)CC. The molecule has 0 atom stereocenters. The second-order valence-electron chi connectivity index (χ2n) is 5.08. The van der Waals surface area contributed by atoms with E-state index in [1.165, 1.54) is 12.3 Å². The molecule has 1 aromatic rings. The number of nitrogens with zero attached hydrogens (tertiary/aromatic N) is 1. The molecule has 0 saturated carbocycles. The third kappa shape index (κ3) is 5.04. The van der Waals surface area contributed by atoms with E-state index in [0.29, 0.717) is 24.7 Å². The van der Waals surface area contributed by atoms with E-state index in [1.54, 1.807) is 4.57 Å². The lowest BCUT2D eigenvalue weighted by molar-refractivity contribution is 0.0937. The van der Waals surface area contributed by atoms with Gasteiger partial charge < -0.3 is 9.88 Å². The molecule has 0 fully saturated rings. The van der Waals surface area contributed by atoms with E-state index < -0.39 is 9.05 Å². The van der Waals surface area contributed by atoms with Crippen molar-refractivity contribution in [2.24, 2.45) is 5.92 Å². The third-order valence-electron chi connectivity index (χ3n) is 3.56. The molecule has 0 aliphatic carbocycles. The molecule has 0 spiro atoms. The molecule has 0 aromatic carbocycles. The maximum absolute atomic E-state index is 12.2. The van der Waals surface area contributed by atoms with Gasteiger partial charge >= 0.3 is 0 Å². The van der Waals surface area contributed by atoms with E-state index in [1.807, 2.05) is 6.92 Å². The minimum absolute atomic E-state index is 0.0368. The molecule has 0 aliphatic rings. The summed E-state index contributed by atoms with van der Waals surface area (Å²) in [7, 11) is 1.52. The van der Waals surface area contributed by atoms with Crippen LogP contribution in [0.15, 0.2) is 17.2 Å². The van der Waals surface area contributed by atoms with Gasteiger partial charge in [-0.15, -0.1) is 0 Å². The fourth-order valence-electron chi connectivity index (χ4n) is 2.14. The number of hydrogen-bond acceptors (Lipinski definition) is 3. The van der Waals surface area contributed by atoms with E-state index in [-0.39, 0.29) is 10.8 Å². The van der Waals surface area contributed by atoms with Crippen molar-refractivity contribution in [3.8, 4) is 0 Å². The second kappa shape index (κ2) is 7.84. The van der Waals surface area contributed by atoms with Gasteiger partial charge in [0.25, 0.3) is 15.0 Å². The number of rotatable bonds is 8. The van der Waals surface area contributed by atoms with Gasteiger partial charge in [0, 0.05) is 30.0 Å². The van der Waals surface area contributed by atoms with Crippen molar-refractivity contribution in [3.05, 3.63) is 18.0 Å². The molecule has 21 heavy (non-hydrogen) atoms. The van der Waals surface area contributed by atoms with Gasteiger partial charge in [-0.25, -0.2) is 8.42 Å². The number of nitrogens with one attached hydrogen (secondary N) is 1. The van der Waals surface area contributed by atoms with Crippen molar-refractivity contribution >= 4 is 25.6 Å². The van der Waals surface area contributed by atoms with Crippen molar-refractivity contribution < 1.29 is 13.2 Å². The summed E-state index contributed by atoms with van der Waals surface area (Å²) in [6.45, 7) is 7.28. The average Bonchev–Trinajstić information content (AvgIpc) is 2.84. The second-order valence-corrected chi connectivity index (χ2v) is 7.65. The topological polar surface area (TPSA) is 68.2 Å². The van der Waals surface area contributed by atoms with Gasteiger partial charge in [0.15, 0.2) is 0 Å². The van der Waals surface area contributed by atoms with Crippen LogP contribution in [0, 0.1) is 5.92 Å². The van der Waals surface area contributed by atoms with Crippen LogP contribution < -0.4 is 5.32 Å². The van der Waals surface area contributed by atoms with Crippen LogP contribution in [-0.4, -0.2) is 25.4 Å². The first kappa shape index (κ1) is 18.0. The maximum atomic E-state index is 12.2. The molecule has 0 radical (unpaired) electrons. The monoisotopic (exact) mass is 334 g/mol. The van der Waals surface area contributed by atoms with Crippen LogP contribution in [-0.2, 0) is 15.6 Å². The lowest BCUT2D eigenvalue weighted by Crippen LogP contribution is -2.30. The molecule has 120 valence electrons. The molecule has 5 nitrogen and oxygen atoms in total. The summed E-state index contributed by atoms with van der Waals surface area (Å²) in [5.41, 5.74) is 0.335. The average molecular weight is 335 g/mol. The first-order valence-electron chi connectivity index (χ1n) is 7.26.